The van der Waals surface area contributed by atoms with Crippen molar-refractivity contribution in [1.29, 1.82) is 0 Å². The number of aryl methyl sites for hydroxylation is 3. The standard InChI is InChI=1S/C27H27N3O3/c1-16-9-12-19(13-10-16)30-26(32)29-24-20-7-5-6-8-22(20)33-27(30,4)23(24)25(31)28-21-14-11-17(2)15-18(21)3/h5-15,23-24H,1-4H3,(H,28,31)(H,29,32). The molecule has 3 amide bonds. The number of rotatable bonds is 3. The summed E-state index contributed by atoms with van der Waals surface area (Å²) in [6.07, 6.45) is 0. The van der Waals surface area contributed by atoms with Gasteiger partial charge in [-0.15, -0.1) is 0 Å². The van der Waals surface area contributed by atoms with Crippen LogP contribution in [0.2, 0.25) is 0 Å². The van der Waals surface area contributed by atoms with E-state index in [2.05, 4.69) is 10.6 Å². The lowest BCUT2D eigenvalue weighted by Crippen LogP contribution is -2.72. The average Bonchev–Trinajstić information content (AvgIpc) is 2.76. The molecule has 3 atom stereocenters. The van der Waals surface area contributed by atoms with Crippen LogP contribution in [-0.2, 0) is 4.79 Å². The van der Waals surface area contributed by atoms with Crippen LogP contribution in [0.15, 0.2) is 66.7 Å². The molecule has 0 saturated carbocycles. The smallest absolute Gasteiger partial charge is 0.325 e. The topological polar surface area (TPSA) is 70.7 Å². The molecule has 2 N–H and O–H groups in total. The molecule has 0 spiro atoms. The molecule has 3 aromatic carbocycles. The summed E-state index contributed by atoms with van der Waals surface area (Å²) in [5.41, 5.74) is 4.18. The Balaban J connectivity index is 1.61. The minimum atomic E-state index is -1.22. The van der Waals surface area contributed by atoms with Gasteiger partial charge in [0.1, 0.15) is 11.7 Å². The Morgan fingerprint density at radius 1 is 1.00 bits per heavy atom. The van der Waals surface area contributed by atoms with E-state index >= 15 is 0 Å². The lowest BCUT2D eigenvalue weighted by Gasteiger charge is -2.54. The first-order valence-electron chi connectivity index (χ1n) is 11.1. The van der Waals surface area contributed by atoms with Gasteiger partial charge in [0.15, 0.2) is 0 Å². The number of urea groups is 1. The molecule has 168 valence electrons. The summed E-state index contributed by atoms with van der Waals surface area (Å²) < 4.78 is 6.48. The number of ether oxygens (including phenoxy) is 1. The molecule has 2 bridgehead atoms. The van der Waals surface area contributed by atoms with Crippen molar-refractivity contribution in [1.82, 2.24) is 5.32 Å². The van der Waals surface area contributed by atoms with Crippen molar-refractivity contribution in [2.75, 3.05) is 10.2 Å². The quantitative estimate of drug-likeness (QED) is 0.583. The maximum atomic E-state index is 13.8. The van der Waals surface area contributed by atoms with Gasteiger partial charge in [-0.25, -0.2) is 4.79 Å². The van der Waals surface area contributed by atoms with Gasteiger partial charge < -0.3 is 15.4 Å². The number of carbonyl (C=O) groups is 2. The fraction of sp³-hybridized carbons (Fsp3) is 0.259. The molecule has 2 aliphatic rings. The first kappa shape index (κ1) is 21.1. The van der Waals surface area contributed by atoms with E-state index in [9.17, 15) is 9.59 Å². The zero-order valence-electron chi connectivity index (χ0n) is 19.2. The van der Waals surface area contributed by atoms with Crippen LogP contribution < -0.4 is 20.3 Å². The van der Waals surface area contributed by atoms with E-state index in [4.69, 9.17) is 4.74 Å². The minimum Gasteiger partial charge on any atom is -0.466 e. The predicted octanol–water partition coefficient (Wildman–Crippen LogP) is 5.25. The van der Waals surface area contributed by atoms with Crippen molar-refractivity contribution in [2.45, 2.75) is 39.5 Å². The highest BCUT2D eigenvalue weighted by molar-refractivity contribution is 6.01. The van der Waals surface area contributed by atoms with Crippen molar-refractivity contribution >= 4 is 23.3 Å². The van der Waals surface area contributed by atoms with Gasteiger partial charge in [-0.2, -0.15) is 0 Å². The third-order valence-corrected chi connectivity index (χ3v) is 6.62. The molecule has 3 aromatic rings. The number of nitrogens with zero attached hydrogens (tertiary/aromatic N) is 1. The Morgan fingerprint density at radius 2 is 1.70 bits per heavy atom. The molecule has 6 heteroatoms. The summed E-state index contributed by atoms with van der Waals surface area (Å²) >= 11 is 0. The second kappa shape index (κ2) is 7.66. The Labute approximate surface area is 193 Å². The second-order valence-electron chi connectivity index (χ2n) is 9.08. The number of para-hydroxylation sites is 1. The van der Waals surface area contributed by atoms with E-state index in [-0.39, 0.29) is 11.9 Å². The number of benzene rings is 3. The summed E-state index contributed by atoms with van der Waals surface area (Å²) in [7, 11) is 0. The molecule has 0 aliphatic carbocycles. The van der Waals surface area contributed by atoms with Gasteiger partial charge in [-0.05, 0) is 57.5 Å². The second-order valence-corrected chi connectivity index (χ2v) is 9.08. The van der Waals surface area contributed by atoms with E-state index in [1.165, 1.54) is 0 Å². The average molecular weight is 442 g/mol. The van der Waals surface area contributed by atoms with Crippen LogP contribution in [0.4, 0.5) is 16.2 Å². The molecule has 2 aliphatic heterocycles. The van der Waals surface area contributed by atoms with Gasteiger partial charge in [-0.3, -0.25) is 9.69 Å². The molecule has 1 saturated heterocycles. The van der Waals surface area contributed by atoms with Crippen LogP contribution in [0.25, 0.3) is 0 Å². The molecule has 5 rings (SSSR count). The normalized spacial score (nSPS) is 23.3. The lowest BCUT2D eigenvalue weighted by atomic mass is 9.78. The van der Waals surface area contributed by atoms with Crippen LogP contribution in [0.5, 0.6) is 5.75 Å². The highest BCUT2D eigenvalue weighted by Gasteiger charge is 2.60. The molecule has 33 heavy (non-hydrogen) atoms. The number of anilines is 2. The summed E-state index contributed by atoms with van der Waals surface area (Å²) in [6.45, 7) is 7.80. The molecule has 1 fully saturated rings. The highest BCUT2D eigenvalue weighted by Crippen LogP contribution is 2.49. The van der Waals surface area contributed by atoms with E-state index in [0.717, 1.165) is 27.9 Å². The summed E-state index contributed by atoms with van der Waals surface area (Å²) in [5.74, 6) is -0.231. The number of nitrogens with one attached hydrogen (secondary N) is 2. The van der Waals surface area contributed by atoms with Crippen molar-refractivity contribution < 1.29 is 14.3 Å². The van der Waals surface area contributed by atoms with Gasteiger partial charge >= 0.3 is 6.03 Å². The third-order valence-electron chi connectivity index (χ3n) is 6.62. The zero-order valence-corrected chi connectivity index (χ0v) is 19.2. The van der Waals surface area contributed by atoms with Crippen LogP contribution in [0, 0.1) is 26.7 Å². The third kappa shape index (κ3) is 3.42. The van der Waals surface area contributed by atoms with Crippen molar-refractivity contribution in [3.8, 4) is 5.75 Å². The van der Waals surface area contributed by atoms with Crippen LogP contribution in [0.3, 0.4) is 0 Å². The number of amides is 3. The Kier molecular flexibility index (Phi) is 4.89. The maximum absolute atomic E-state index is 13.8. The zero-order chi connectivity index (χ0) is 23.3. The fourth-order valence-corrected chi connectivity index (χ4v) is 4.98. The SMILES string of the molecule is Cc1ccc(N2C(=O)NC3c4ccccc4OC2(C)C3C(=O)Nc2ccc(C)cc2C)cc1. The summed E-state index contributed by atoms with van der Waals surface area (Å²) in [4.78, 5) is 28.7. The largest absolute Gasteiger partial charge is 0.466 e. The Morgan fingerprint density at radius 3 is 2.42 bits per heavy atom. The lowest BCUT2D eigenvalue weighted by molar-refractivity contribution is -0.131. The molecule has 6 nitrogen and oxygen atoms in total. The van der Waals surface area contributed by atoms with Crippen molar-refractivity contribution in [3.05, 3.63) is 89.0 Å². The first-order valence-corrected chi connectivity index (χ1v) is 11.1. The molecular formula is C27H27N3O3. The Hall–Kier alpha value is -3.80. The molecular weight excluding hydrogens is 414 g/mol. The monoisotopic (exact) mass is 441 g/mol. The van der Waals surface area contributed by atoms with Gasteiger partial charge in [-0.1, -0.05) is 53.6 Å². The van der Waals surface area contributed by atoms with Crippen LogP contribution in [-0.4, -0.2) is 17.7 Å². The first-order chi connectivity index (χ1) is 15.8. The number of carbonyl (C=O) groups excluding carboxylic acids is 2. The molecule has 2 heterocycles. The number of fused-ring (bicyclic) bond motifs is 4. The van der Waals surface area contributed by atoms with Crippen LogP contribution >= 0.6 is 0 Å². The number of hydrogen-bond acceptors (Lipinski definition) is 3. The van der Waals surface area contributed by atoms with E-state index in [0.29, 0.717) is 11.4 Å². The van der Waals surface area contributed by atoms with E-state index < -0.39 is 17.7 Å². The number of hydrogen-bond donors (Lipinski definition) is 2. The van der Waals surface area contributed by atoms with Crippen molar-refractivity contribution in [3.63, 3.8) is 0 Å². The van der Waals surface area contributed by atoms with Crippen molar-refractivity contribution in [2.24, 2.45) is 5.92 Å². The van der Waals surface area contributed by atoms with Gasteiger partial charge in [0, 0.05) is 16.9 Å². The van der Waals surface area contributed by atoms with Gasteiger partial charge in [0.25, 0.3) is 0 Å². The summed E-state index contributed by atoms with van der Waals surface area (Å²) in [6, 6.07) is 20.3. The summed E-state index contributed by atoms with van der Waals surface area (Å²) in [5, 5.41) is 6.17. The minimum absolute atomic E-state index is 0.207. The molecule has 0 radical (unpaired) electrons. The van der Waals surface area contributed by atoms with E-state index in [1.807, 2.05) is 94.4 Å². The molecule has 0 aromatic heterocycles. The van der Waals surface area contributed by atoms with E-state index in [1.54, 1.807) is 4.90 Å². The predicted molar refractivity (Wildman–Crippen MR) is 128 cm³/mol. The van der Waals surface area contributed by atoms with Gasteiger partial charge in [0.2, 0.25) is 11.6 Å². The Bertz CT molecular complexity index is 1250. The highest BCUT2D eigenvalue weighted by atomic mass is 16.5. The van der Waals surface area contributed by atoms with Gasteiger partial charge in [0.05, 0.1) is 6.04 Å². The molecule has 3 unspecified atom stereocenters. The maximum Gasteiger partial charge on any atom is 0.325 e. The van der Waals surface area contributed by atoms with Crippen LogP contribution in [0.1, 0.15) is 35.2 Å². The fourth-order valence-electron chi connectivity index (χ4n) is 4.98.